The van der Waals surface area contributed by atoms with Crippen molar-refractivity contribution < 1.29 is 23.8 Å². The highest BCUT2D eigenvalue weighted by Gasteiger charge is 2.17. The van der Waals surface area contributed by atoms with E-state index in [-0.39, 0.29) is 25.2 Å². The molecule has 0 aromatic heterocycles. The minimum Gasteiger partial charge on any atom is -0.462 e. The van der Waals surface area contributed by atoms with Crippen molar-refractivity contribution in [2.45, 2.75) is 194 Å². The zero-order valence-electron chi connectivity index (χ0n) is 34.1. The van der Waals surface area contributed by atoms with E-state index in [0.29, 0.717) is 19.4 Å². The highest BCUT2D eigenvalue weighted by Crippen LogP contribution is 2.12. The maximum absolute atomic E-state index is 12.7. The summed E-state index contributed by atoms with van der Waals surface area (Å²) in [6, 6.07) is 0. The lowest BCUT2D eigenvalue weighted by Crippen LogP contribution is -2.30. The fraction of sp³-hybridized carbons (Fsp3) is 0.702. The van der Waals surface area contributed by atoms with Crippen LogP contribution in [0.15, 0.2) is 72.9 Å². The van der Waals surface area contributed by atoms with Crippen molar-refractivity contribution in [2.75, 3.05) is 19.8 Å². The van der Waals surface area contributed by atoms with Gasteiger partial charge in [0, 0.05) is 19.4 Å². The minimum atomic E-state index is -0.557. The Labute approximate surface area is 321 Å². The molecular formula is C47H80O5. The van der Waals surface area contributed by atoms with Crippen LogP contribution in [0.2, 0.25) is 0 Å². The summed E-state index contributed by atoms with van der Waals surface area (Å²) in [5, 5.41) is 0. The van der Waals surface area contributed by atoms with Crippen molar-refractivity contribution in [2.24, 2.45) is 0 Å². The van der Waals surface area contributed by atoms with Crippen molar-refractivity contribution in [3.8, 4) is 0 Å². The van der Waals surface area contributed by atoms with Crippen molar-refractivity contribution in [1.82, 2.24) is 0 Å². The molecule has 0 aliphatic heterocycles. The monoisotopic (exact) mass is 725 g/mol. The molecule has 0 amide bonds. The molecule has 0 heterocycles. The number of carbonyl (C=O) groups is 2. The van der Waals surface area contributed by atoms with Crippen LogP contribution in [0.1, 0.15) is 188 Å². The highest BCUT2D eigenvalue weighted by atomic mass is 16.6. The summed E-state index contributed by atoms with van der Waals surface area (Å²) in [6.07, 6.45) is 53.3. The van der Waals surface area contributed by atoms with Crippen molar-refractivity contribution in [3.63, 3.8) is 0 Å². The minimum absolute atomic E-state index is 0.0563. The van der Waals surface area contributed by atoms with Crippen LogP contribution in [0.25, 0.3) is 0 Å². The number of unbranched alkanes of at least 4 members (excludes halogenated alkanes) is 15. The van der Waals surface area contributed by atoms with E-state index in [9.17, 15) is 9.59 Å². The summed E-state index contributed by atoms with van der Waals surface area (Å²) < 4.78 is 17.2. The first-order valence-corrected chi connectivity index (χ1v) is 21.5. The summed E-state index contributed by atoms with van der Waals surface area (Å²) >= 11 is 0. The Balaban J connectivity index is 4.32. The topological polar surface area (TPSA) is 61.8 Å². The number of hydrogen-bond acceptors (Lipinski definition) is 5. The van der Waals surface area contributed by atoms with E-state index in [1.807, 2.05) is 0 Å². The Bertz CT molecular complexity index is 957. The summed E-state index contributed by atoms with van der Waals surface area (Å²) in [5.74, 6) is -0.467. The van der Waals surface area contributed by atoms with Crippen LogP contribution in [0, 0.1) is 0 Å². The second kappa shape index (κ2) is 42.8. The SMILES string of the molecule is CC/C=C\C/C=C\C/C=C\C/C=C\CCCCC(=O)OCC(COCCCCCCCCCC)OC(=O)CCCCCCC/C=C\C/C=C\CCC. The summed E-state index contributed by atoms with van der Waals surface area (Å²) in [4.78, 5) is 25.1. The van der Waals surface area contributed by atoms with E-state index >= 15 is 0 Å². The number of esters is 2. The van der Waals surface area contributed by atoms with Gasteiger partial charge in [-0.3, -0.25) is 9.59 Å². The van der Waals surface area contributed by atoms with Gasteiger partial charge in [-0.1, -0.05) is 164 Å². The average molecular weight is 725 g/mol. The molecule has 5 nitrogen and oxygen atoms in total. The highest BCUT2D eigenvalue weighted by molar-refractivity contribution is 5.70. The van der Waals surface area contributed by atoms with E-state index < -0.39 is 6.10 Å². The fourth-order valence-corrected chi connectivity index (χ4v) is 5.54. The maximum atomic E-state index is 12.7. The molecule has 1 unspecified atom stereocenters. The first kappa shape index (κ1) is 49.3. The molecule has 52 heavy (non-hydrogen) atoms. The summed E-state index contributed by atoms with van der Waals surface area (Å²) in [5.41, 5.74) is 0. The smallest absolute Gasteiger partial charge is 0.306 e. The zero-order valence-corrected chi connectivity index (χ0v) is 34.1. The molecule has 0 aliphatic carbocycles. The molecule has 298 valence electrons. The Hall–Kier alpha value is -2.66. The van der Waals surface area contributed by atoms with Gasteiger partial charge >= 0.3 is 11.9 Å². The summed E-state index contributed by atoms with van der Waals surface area (Å²) in [6.45, 7) is 7.56. The number of rotatable bonds is 38. The molecule has 0 aromatic rings. The Morgan fingerprint density at radius 1 is 0.442 bits per heavy atom. The molecule has 5 heteroatoms. The third-order valence-electron chi connectivity index (χ3n) is 8.71. The van der Waals surface area contributed by atoms with Crippen molar-refractivity contribution in [3.05, 3.63) is 72.9 Å². The van der Waals surface area contributed by atoms with Gasteiger partial charge in [-0.05, 0) is 83.5 Å². The first-order chi connectivity index (χ1) is 25.6. The third-order valence-corrected chi connectivity index (χ3v) is 8.71. The molecule has 0 saturated heterocycles. The molecule has 0 bridgehead atoms. The van der Waals surface area contributed by atoms with Crippen LogP contribution >= 0.6 is 0 Å². The van der Waals surface area contributed by atoms with Crippen LogP contribution in [0.5, 0.6) is 0 Å². The fourth-order valence-electron chi connectivity index (χ4n) is 5.54. The van der Waals surface area contributed by atoms with Crippen LogP contribution in [-0.4, -0.2) is 37.9 Å². The van der Waals surface area contributed by atoms with Gasteiger partial charge in [-0.2, -0.15) is 0 Å². The normalized spacial score (nSPS) is 12.9. The molecule has 1 atom stereocenters. The molecule has 0 spiro atoms. The van der Waals surface area contributed by atoms with Gasteiger partial charge in [0.05, 0.1) is 6.61 Å². The lowest BCUT2D eigenvalue weighted by molar-refractivity contribution is -0.163. The molecule has 0 N–H and O–H groups in total. The first-order valence-electron chi connectivity index (χ1n) is 21.5. The third kappa shape index (κ3) is 40.1. The van der Waals surface area contributed by atoms with Crippen LogP contribution < -0.4 is 0 Å². The van der Waals surface area contributed by atoms with Crippen molar-refractivity contribution >= 4 is 11.9 Å². The molecule has 0 radical (unpaired) electrons. The molecule has 0 saturated carbocycles. The molecule has 0 fully saturated rings. The van der Waals surface area contributed by atoms with Crippen LogP contribution in [0.4, 0.5) is 0 Å². The van der Waals surface area contributed by atoms with E-state index in [4.69, 9.17) is 14.2 Å². The Morgan fingerprint density at radius 3 is 1.50 bits per heavy atom. The number of carbonyl (C=O) groups excluding carboxylic acids is 2. The van der Waals surface area contributed by atoms with E-state index in [1.54, 1.807) is 0 Å². The zero-order chi connectivity index (χ0) is 37.8. The predicted octanol–water partition coefficient (Wildman–Crippen LogP) is 14.0. The average Bonchev–Trinajstić information content (AvgIpc) is 3.14. The Kier molecular flexibility index (Phi) is 40.6. The van der Waals surface area contributed by atoms with Gasteiger partial charge in [0.25, 0.3) is 0 Å². The second-order valence-electron chi connectivity index (χ2n) is 13.9. The van der Waals surface area contributed by atoms with E-state index in [1.165, 1.54) is 57.8 Å². The van der Waals surface area contributed by atoms with Gasteiger partial charge in [0.15, 0.2) is 6.10 Å². The quantitative estimate of drug-likeness (QED) is 0.0360. The van der Waals surface area contributed by atoms with Gasteiger partial charge in [0.2, 0.25) is 0 Å². The molecular weight excluding hydrogens is 645 g/mol. The largest absolute Gasteiger partial charge is 0.462 e. The predicted molar refractivity (Wildman–Crippen MR) is 224 cm³/mol. The van der Waals surface area contributed by atoms with Gasteiger partial charge in [-0.15, -0.1) is 0 Å². The number of hydrogen-bond donors (Lipinski definition) is 0. The van der Waals surface area contributed by atoms with Gasteiger partial charge in [0.1, 0.15) is 6.61 Å². The molecule has 0 aliphatic rings. The number of allylic oxidation sites excluding steroid dienone is 12. The van der Waals surface area contributed by atoms with Crippen molar-refractivity contribution in [1.29, 1.82) is 0 Å². The van der Waals surface area contributed by atoms with Crippen LogP contribution in [-0.2, 0) is 23.8 Å². The summed E-state index contributed by atoms with van der Waals surface area (Å²) in [7, 11) is 0. The number of ether oxygens (including phenoxy) is 3. The molecule has 0 rings (SSSR count). The Morgan fingerprint density at radius 2 is 0.904 bits per heavy atom. The van der Waals surface area contributed by atoms with Crippen LogP contribution in [0.3, 0.4) is 0 Å². The molecule has 0 aromatic carbocycles. The van der Waals surface area contributed by atoms with Gasteiger partial charge < -0.3 is 14.2 Å². The van der Waals surface area contributed by atoms with Gasteiger partial charge in [-0.25, -0.2) is 0 Å². The standard InChI is InChI=1S/C47H80O5/c1-4-7-10-13-16-19-21-23-24-26-27-29-31-34-37-40-46(48)51-44-45(43-50-42-39-36-33-18-15-12-9-6-3)52-47(49)41-38-35-32-30-28-25-22-20-17-14-11-8-5-2/h7,10-11,14,16,19-20,22-24,27,29,45H,4-6,8-9,12-13,15,17-18,21,25-26,28,30-44H2,1-3H3/b10-7-,14-11-,19-16-,22-20-,24-23-,29-27-. The second-order valence-corrected chi connectivity index (χ2v) is 13.9. The van der Waals surface area contributed by atoms with E-state index in [0.717, 1.165) is 96.3 Å². The lowest BCUT2D eigenvalue weighted by atomic mass is 10.1. The van der Waals surface area contributed by atoms with E-state index in [2.05, 4.69) is 93.7 Å². The lowest BCUT2D eigenvalue weighted by Gasteiger charge is -2.18. The maximum Gasteiger partial charge on any atom is 0.306 e.